The maximum Gasteiger partial charge on any atom is 0.252 e. The zero-order chi connectivity index (χ0) is 13.1. The molecule has 0 saturated heterocycles. The summed E-state index contributed by atoms with van der Waals surface area (Å²) in [7, 11) is 0. The van der Waals surface area contributed by atoms with E-state index in [0.717, 1.165) is 11.1 Å². The van der Waals surface area contributed by atoms with Gasteiger partial charge in [0.15, 0.2) is 0 Å². The first-order chi connectivity index (χ1) is 8.56. The molecule has 0 aliphatic heterocycles. The number of rotatable bonds is 3. The SMILES string of the molecule is CC(NC(=O)c1cc(N)cc(F)c1)c1nccs1. The fraction of sp³-hybridized carbons (Fsp3) is 0.167. The van der Waals surface area contributed by atoms with Gasteiger partial charge in [0.05, 0.1) is 6.04 Å². The molecular formula is C12H12FN3OS. The van der Waals surface area contributed by atoms with Crippen molar-refractivity contribution in [2.24, 2.45) is 0 Å². The molecule has 1 heterocycles. The number of thiazole rings is 1. The molecule has 2 aromatic rings. The molecule has 0 aliphatic rings. The zero-order valence-corrected chi connectivity index (χ0v) is 10.5. The number of nitrogens with zero attached hydrogens (tertiary/aromatic N) is 1. The van der Waals surface area contributed by atoms with Crippen molar-refractivity contribution in [1.82, 2.24) is 10.3 Å². The van der Waals surface area contributed by atoms with Crippen LogP contribution in [-0.4, -0.2) is 10.9 Å². The molecule has 3 N–H and O–H groups in total. The second-order valence-electron chi connectivity index (χ2n) is 3.84. The second-order valence-corrected chi connectivity index (χ2v) is 4.76. The van der Waals surface area contributed by atoms with E-state index >= 15 is 0 Å². The average molecular weight is 265 g/mol. The summed E-state index contributed by atoms with van der Waals surface area (Å²) in [6.45, 7) is 1.82. The van der Waals surface area contributed by atoms with Crippen LogP contribution in [0.2, 0.25) is 0 Å². The smallest absolute Gasteiger partial charge is 0.252 e. The number of amides is 1. The van der Waals surface area contributed by atoms with E-state index in [4.69, 9.17) is 5.73 Å². The minimum absolute atomic E-state index is 0.205. The van der Waals surface area contributed by atoms with Crippen molar-refractivity contribution >= 4 is 22.9 Å². The van der Waals surface area contributed by atoms with E-state index in [2.05, 4.69) is 10.3 Å². The molecule has 18 heavy (non-hydrogen) atoms. The number of anilines is 1. The van der Waals surface area contributed by atoms with Gasteiger partial charge in [-0.1, -0.05) is 0 Å². The predicted molar refractivity (Wildman–Crippen MR) is 68.8 cm³/mol. The summed E-state index contributed by atoms with van der Waals surface area (Å²) in [5.74, 6) is -0.897. The van der Waals surface area contributed by atoms with Crippen LogP contribution in [0.1, 0.15) is 28.3 Å². The summed E-state index contributed by atoms with van der Waals surface area (Å²) in [5.41, 5.74) is 5.92. The normalized spacial score (nSPS) is 12.1. The number of nitrogen functional groups attached to an aromatic ring is 1. The number of aromatic nitrogens is 1. The van der Waals surface area contributed by atoms with E-state index < -0.39 is 5.82 Å². The van der Waals surface area contributed by atoms with Crippen molar-refractivity contribution < 1.29 is 9.18 Å². The molecule has 0 saturated carbocycles. The van der Waals surface area contributed by atoms with Gasteiger partial charge >= 0.3 is 0 Å². The third-order valence-electron chi connectivity index (χ3n) is 2.35. The number of nitrogens with one attached hydrogen (secondary N) is 1. The van der Waals surface area contributed by atoms with Crippen LogP contribution in [0.25, 0.3) is 0 Å². The van der Waals surface area contributed by atoms with Gasteiger partial charge in [-0.3, -0.25) is 4.79 Å². The summed E-state index contributed by atoms with van der Waals surface area (Å²) in [5, 5.41) is 5.37. The monoisotopic (exact) mass is 265 g/mol. The van der Waals surface area contributed by atoms with Gasteiger partial charge in [0.1, 0.15) is 10.8 Å². The Hall–Kier alpha value is -1.95. The van der Waals surface area contributed by atoms with Crippen molar-refractivity contribution in [3.8, 4) is 0 Å². The third kappa shape index (κ3) is 2.84. The lowest BCUT2D eigenvalue weighted by atomic mass is 10.1. The summed E-state index contributed by atoms with van der Waals surface area (Å²) in [6.07, 6.45) is 1.67. The minimum Gasteiger partial charge on any atom is -0.399 e. The molecule has 1 unspecified atom stereocenters. The van der Waals surface area contributed by atoms with E-state index in [9.17, 15) is 9.18 Å². The number of halogens is 1. The van der Waals surface area contributed by atoms with E-state index in [1.807, 2.05) is 12.3 Å². The molecule has 0 aliphatic carbocycles. The first-order valence-electron chi connectivity index (χ1n) is 5.32. The summed E-state index contributed by atoms with van der Waals surface area (Å²) in [6, 6.07) is 3.54. The molecule has 1 aromatic heterocycles. The molecule has 6 heteroatoms. The molecule has 1 amide bonds. The number of hydrogen-bond donors (Lipinski definition) is 2. The highest BCUT2D eigenvalue weighted by Gasteiger charge is 2.14. The van der Waals surface area contributed by atoms with Crippen LogP contribution in [0, 0.1) is 5.82 Å². The second kappa shape index (κ2) is 5.14. The molecule has 0 bridgehead atoms. The van der Waals surface area contributed by atoms with E-state index in [-0.39, 0.29) is 23.2 Å². The number of benzene rings is 1. The van der Waals surface area contributed by atoms with E-state index in [1.54, 1.807) is 6.20 Å². The molecular weight excluding hydrogens is 253 g/mol. The zero-order valence-electron chi connectivity index (χ0n) is 9.68. The maximum absolute atomic E-state index is 13.1. The largest absolute Gasteiger partial charge is 0.399 e. The average Bonchev–Trinajstić information content (AvgIpc) is 2.80. The number of carbonyl (C=O) groups excluding carboxylic acids is 1. The third-order valence-corrected chi connectivity index (χ3v) is 3.31. The highest BCUT2D eigenvalue weighted by atomic mass is 32.1. The van der Waals surface area contributed by atoms with E-state index in [0.29, 0.717) is 0 Å². The van der Waals surface area contributed by atoms with Crippen molar-refractivity contribution in [3.05, 3.63) is 46.2 Å². The fourth-order valence-electron chi connectivity index (χ4n) is 1.53. The highest BCUT2D eigenvalue weighted by molar-refractivity contribution is 7.09. The van der Waals surface area contributed by atoms with Crippen LogP contribution >= 0.6 is 11.3 Å². The van der Waals surface area contributed by atoms with Crippen LogP contribution in [0.5, 0.6) is 0 Å². The van der Waals surface area contributed by atoms with Crippen molar-refractivity contribution in [3.63, 3.8) is 0 Å². The molecule has 2 rings (SSSR count). The van der Waals surface area contributed by atoms with Crippen molar-refractivity contribution in [2.75, 3.05) is 5.73 Å². The van der Waals surface area contributed by atoms with Gasteiger partial charge < -0.3 is 11.1 Å². The van der Waals surface area contributed by atoms with Gasteiger partial charge in [-0.25, -0.2) is 9.37 Å². The Kier molecular flexibility index (Phi) is 3.57. The Balaban J connectivity index is 2.12. The van der Waals surface area contributed by atoms with Gasteiger partial charge in [0, 0.05) is 22.8 Å². The maximum atomic E-state index is 13.1. The molecule has 0 spiro atoms. The lowest BCUT2D eigenvalue weighted by Gasteiger charge is -2.11. The summed E-state index contributed by atoms with van der Waals surface area (Å²) >= 11 is 1.45. The Morgan fingerprint density at radius 1 is 1.50 bits per heavy atom. The van der Waals surface area contributed by atoms with Crippen LogP contribution in [0.15, 0.2) is 29.8 Å². The Labute approximate surface area is 108 Å². The topological polar surface area (TPSA) is 68.0 Å². The van der Waals surface area contributed by atoms with Crippen LogP contribution in [-0.2, 0) is 0 Å². The van der Waals surface area contributed by atoms with Gasteiger partial charge in [-0.05, 0) is 25.1 Å². The van der Waals surface area contributed by atoms with Gasteiger partial charge in [0.25, 0.3) is 5.91 Å². The standard InChI is InChI=1S/C12H12FN3OS/c1-7(12-15-2-3-18-12)16-11(17)8-4-9(13)6-10(14)5-8/h2-7H,14H2,1H3,(H,16,17). The minimum atomic E-state index is -0.526. The number of nitrogens with two attached hydrogens (primary N) is 1. The molecule has 1 atom stereocenters. The first kappa shape index (κ1) is 12.5. The first-order valence-corrected chi connectivity index (χ1v) is 6.20. The molecule has 94 valence electrons. The van der Waals surface area contributed by atoms with Gasteiger partial charge in [-0.2, -0.15) is 0 Å². The van der Waals surface area contributed by atoms with Crippen molar-refractivity contribution in [1.29, 1.82) is 0 Å². The van der Waals surface area contributed by atoms with Crippen molar-refractivity contribution in [2.45, 2.75) is 13.0 Å². The van der Waals surface area contributed by atoms with Gasteiger partial charge in [-0.15, -0.1) is 11.3 Å². The highest BCUT2D eigenvalue weighted by Crippen LogP contribution is 2.16. The molecule has 0 fully saturated rings. The predicted octanol–water partition coefficient (Wildman–Crippen LogP) is 2.36. The Morgan fingerprint density at radius 2 is 2.28 bits per heavy atom. The summed E-state index contributed by atoms with van der Waals surface area (Å²) in [4.78, 5) is 16.0. The Morgan fingerprint density at radius 3 is 2.89 bits per heavy atom. The summed E-state index contributed by atoms with van der Waals surface area (Å²) < 4.78 is 13.1. The lowest BCUT2D eigenvalue weighted by molar-refractivity contribution is 0.0939. The molecule has 0 radical (unpaired) electrons. The Bertz CT molecular complexity index is 536. The number of hydrogen-bond acceptors (Lipinski definition) is 4. The lowest BCUT2D eigenvalue weighted by Crippen LogP contribution is -2.26. The quantitative estimate of drug-likeness (QED) is 0.837. The molecule has 4 nitrogen and oxygen atoms in total. The van der Waals surface area contributed by atoms with E-state index in [1.165, 1.54) is 23.5 Å². The number of carbonyl (C=O) groups is 1. The van der Waals surface area contributed by atoms with Crippen LogP contribution in [0.3, 0.4) is 0 Å². The molecule has 1 aromatic carbocycles. The van der Waals surface area contributed by atoms with Gasteiger partial charge in [0.2, 0.25) is 0 Å². The fourth-order valence-corrected chi connectivity index (χ4v) is 2.18. The van der Waals surface area contributed by atoms with Crippen LogP contribution in [0.4, 0.5) is 10.1 Å². The van der Waals surface area contributed by atoms with Crippen LogP contribution < -0.4 is 11.1 Å².